The van der Waals surface area contributed by atoms with Gasteiger partial charge in [0, 0.05) is 23.8 Å². The molecule has 0 bridgehead atoms. The van der Waals surface area contributed by atoms with E-state index in [1.165, 1.54) is 5.39 Å². The standard InChI is InChI=1S/C14H19NO3S/c1-17-6-7-18-9-12(16)10-19-14-8-11-4-2-3-5-13(11)15-14/h2-5,8,12,15-16H,6-7,9-10H2,1H3. The van der Waals surface area contributed by atoms with E-state index in [1.807, 2.05) is 18.2 Å². The van der Waals surface area contributed by atoms with Crippen molar-refractivity contribution in [3.05, 3.63) is 30.3 Å². The highest BCUT2D eigenvalue weighted by Gasteiger charge is 2.07. The van der Waals surface area contributed by atoms with Crippen LogP contribution >= 0.6 is 11.8 Å². The zero-order valence-electron chi connectivity index (χ0n) is 11.0. The van der Waals surface area contributed by atoms with Gasteiger partial charge in [-0.05, 0) is 12.1 Å². The third kappa shape index (κ3) is 4.54. The number of thioether (sulfide) groups is 1. The number of aliphatic hydroxyl groups is 1. The number of rotatable bonds is 8. The van der Waals surface area contributed by atoms with E-state index in [1.54, 1.807) is 18.9 Å². The Balaban J connectivity index is 1.75. The lowest BCUT2D eigenvalue weighted by molar-refractivity contribution is 0.0218. The van der Waals surface area contributed by atoms with Gasteiger partial charge in [0.25, 0.3) is 0 Å². The SMILES string of the molecule is COCCOCC(O)CSc1cc2ccccc2[nH]1. The molecule has 1 atom stereocenters. The minimum absolute atomic E-state index is 0.344. The van der Waals surface area contributed by atoms with Crippen molar-refractivity contribution in [2.75, 3.05) is 32.7 Å². The second-order valence-corrected chi connectivity index (χ2v) is 5.32. The third-order valence-corrected chi connectivity index (χ3v) is 3.76. The molecule has 5 heteroatoms. The van der Waals surface area contributed by atoms with Crippen LogP contribution in [0.4, 0.5) is 0 Å². The number of methoxy groups -OCH3 is 1. The maximum atomic E-state index is 9.78. The summed E-state index contributed by atoms with van der Waals surface area (Å²) in [4.78, 5) is 3.32. The Hall–Kier alpha value is -1.01. The number of ether oxygens (including phenoxy) is 2. The summed E-state index contributed by atoms with van der Waals surface area (Å²) in [6, 6.07) is 10.2. The summed E-state index contributed by atoms with van der Waals surface area (Å²) < 4.78 is 10.2. The fourth-order valence-corrected chi connectivity index (χ4v) is 2.58. The molecule has 0 saturated carbocycles. The minimum atomic E-state index is -0.465. The molecule has 0 fully saturated rings. The lowest BCUT2D eigenvalue weighted by Crippen LogP contribution is -2.19. The highest BCUT2D eigenvalue weighted by atomic mass is 32.2. The van der Waals surface area contributed by atoms with Crippen LogP contribution in [0.2, 0.25) is 0 Å². The molecule has 0 aliphatic rings. The van der Waals surface area contributed by atoms with Crippen LogP contribution in [-0.2, 0) is 9.47 Å². The number of hydrogen-bond acceptors (Lipinski definition) is 4. The quantitative estimate of drug-likeness (QED) is 0.576. The van der Waals surface area contributed by atoms with Crippen LogP contribution in [0, 0.1) is 0 Å². The number of fused-ring (bicyclic) bond motifs is 1. The van der Waals surface area contributed by atoms with Crippen LogP contribution in [0.25, 0.3) is 10.9 Å². The highest BCUT2D eigenvalue weighted by molar-refractivity contribution is 7.99. The number of H-pyrrole nitrogens is 1. The van der Waals surface area contributed by atoms with Gasteiger partial charge in [-0.2, -0.15) is 0 Å². The number of aromatic nitrogens is 1. The second-order valence-electron chi connectivity index (χ2n) is 4.25. The van der Waals surface area contributed by atoms with Gasteiger partial charge >= 0.3 is 0 Å². The molecule has 1 unspecified atom stereocenters. The normalized spacial score (nSPS) is 12.9. The van der Waals surface area contributed by atoms with Gasteiger partial charge in [-0.1, -0.05) is 18.2 Å². The maximum Gasteiger partial charge on any atom is 0.0867 e. The molecule has 0 radical (unpaired) electrons. The van der Waals surface area contributed by atoms with Gasteiger partial charge in [0.05, 0.1) is 31.0 Å². The fraction of sp³-hybridized carbons (Fsp3) is 0.429. The van der Waals surface area contributed by atoms with Gasteiger partial charge in [-0.25, -0.2) is 0 Å². The van der Waals surface area contributed by atoms with Crippen molar-refractivity contribution in [3.63, 3.8) is 0 Å². The molecule has 4 nitrogen and oxygen atoms in total. The summed E-state index contributed by atoms with van der Waals surface area (Å²) >= 11 is 1.60. The smallest absolute Gasteiger partial charge is 0.0867 e. The lowest BCUT2D eigenvalue weighted by atomic mass is 10.3. The molecule has 1 heterocycles. The van der Waals surface area contributed by atoms with Crippen LogP contribution in [-0.4, -0.2) is 48.9 Å². The molecule has 2 N–H and O–H groups in total. The summed E-state index contributed by atoms with van der Waals surface area (Å²) in [5, 5.41) is 12.0. The van der Waals surface area contributed by atoms with Gasteiger partial charge in [0.2, 0.25) is 0 Å². The van der Waals surface area contributed by atoms with E-state index < -0.39 is 6.10 Å². The van der Waals surface area contributed by atoms with Crippen molar-refractivity contribution in [3.8, 4) is 0 Å². The lowest BCUT2D eigenvalue weighted by Gasteiger charge is -2.09. The Labute approximate surface area is 117 Å². The summed E-state index contributed by atoms with van der Waals surface area (Å²) in [6.45, 7) is 1.42. The van der Waals surface area contributed by atoms with E-state index in [4.69, 9.17) is 9.47 Å². The average Bonchev–Trinajstić information content (AvgIpc) is 2.84. The first-order valence-corrected chi connectivity index (χ1v) is 7.23. The van der Waals surface area contributed by atoms with Crippen LogP contribution in [0.15, 0.2) is 35.4 Å². The molecular weight excluding hydrogens is 262 g/mol. The predicted octanol–water partition coefficient (Wildman–Crippen LogP) is 2.28. The van der Waals surface area contributed by atoms with Gasteiger partial charge in [0.1, 0.15) is 0 Å². The zero-order valence-corrected chi connectivity index (χ0v) is 11.8. The predicted molar refractivity (Wildman–Crippen MR) is 77.7 cm³/mol. The molecule has 2 rings (SSSR count). The molecule has 0 saturated heterocycles. The maximum absolute atomic E-state index is 9.78. The van der Waals surface area contributed by atoms with Crippen molar-refractivity contribution in [2.45, 2.75) is 11.1 Å². The Bertz CT molecular complexity index is 467. The summed E-state index contributed by atoms with van der Waals surface area (Å²) in [5.74, 6) is 0.611. The van der Waals surface area contributed by atoms with Gasteiger partial charge < -0.3 is 19.6 Å². The number of benzene rings is 1. The van der Waals surface area contributed by atoms with E-state index in [0.717, 1.165) is 10.5 Å². The van der Waals surface area contributed by atoms with Crippen LogP contribution in [0.1, 0.15) is 0 Å². The second kappa shape index (κ2) is 7.55. The Morgan fingerprint density at radius 1 is 1.32 bits per heavy atom. The number of aromatic amines is 1. The Morgan fingerprint density at radius 2 is 2.16 bits per heavy atom. The van der Waals surface area contributed by atoms with Crippen LogP contribution < -0.4 is 0 Å². The first-order chi connectivity index (χ1) is 9.29. The molecule has 1 aromatic heterocycles. The molecule has 2 aromatic rings. The molecule has 1 aromatic carbocycles. The van der Waals surface area contributed by atoms with Crippen molar-refractivity contribution < 1.29 is 14.6 Å². The minimum Gasteiger partial charge on any atom is -0.390 e. The fourth-order valence-electron chi connectivity index (χ4n) is 1.72. The monoisotopic (exact) mass is 281 g/mol. The first kappa shape index (κ1) is 14.4. The van der Waals surface area contributed by atoms with E-state index in [-0.39, 0.29) is 0 Å². The number of para-hydroxylation sites is 1. The Kier molecular flexibility index (Phi) is 5.72. The number of aliphatic hydroxyl groups excluding tert-OH is 1. The summed E-state index contributed by atoms with van der Waals surface area (Å²) in [5.41, 5.74) is 1.12. The molecular formula is C14H19NO3S. The largest absolute Gasteiger partial charge is 0.390 e. The zero-order chi connectivity index (χ0) is 13.5. The van der Waals surface area contributed by atoms with Gasteiger partial charge in [-0.3, -0.25) is 0 Å². The molecule has 0 amide bonds. The van der Waals surface area contributed by atoms with Crippen LogP contribution in [0.3, 0.4) is 0 Å². The molecule has 104 valence electrons. The van der Waals surface area contributed by atoms with E-state index >= 15 is 0 Å². The topological polar surface area (TPSA) is 54.5 Å². The highest BCUT2D eigenvalue weighted by Crippen LogP contribution is 2.23. The van der Waals surface area contributed by atoms with E-state index in [9.17, 15) is 5.11 Å². The summed E-state index contributed by atoms with van der Waals surface area (Å²) in [6.07, 6.45) is -0.465. The first-order valence-electron chi connectivity index (χ1n) is 6.25. The number of nitrogens with one attached hydrogen (secondary N) is 1. The van der Waals surface area contributed by atoms with Crippen molar-refractivity contribution in [2.24, 2.45) is 0 Å². The Morgan fingerprint density at radius 3 is 2.95 bits per heavy atom. The molecule has 0 aliphatic heterocycles. The number of hydrogen-bond donors (Lipinski definition) is 2. The summed E-state index contributed by atoms with van der Waals surface area (Å²) in [7, 11) is 1.63. The van der Waals surface area contributed by atoms with Crippen LogP contribution in [0.5, 0.6) is 0 Å². The molecule has 19 heavy (non-hydrogen) atoms. The van der Waals surface area contributed by atoms with Crippen molar-refractivity contribution in [1.82, 2.24) is 4.98 Å². The molecule has 0 spiro atoms. The van der Waals surface area contributed by atoms with Crippen molar-refractivity contribution in [1.29, 1.82) is 0 Å². The van der Waals surface area contributed by atoms with Gasteiger partial charge in [0.15, 0.2) is 0 Å². The van der Waals surface area contributed by atoms with E-state index in [0.29, 0.717) is 25.6 Å². The van der Waals surface area contributed by atoms with Gasteiger partial charge in [-0.15, -0.1) is 11.8 Å². The average molecular weight is 281 g/mol. The van der Waals surface area contributed by atoms with E-state index in [2.05, 4.69) is 17.1 Å². The third-order valence-electron chi connectivity index (χ3n) is 2.68. The molecule has 0 aliphatic carbocycles. The van der Waals surface area contributed by atoms with Crippen molar-refractivity contribution >= 4 is 22.7 Å².